The molecule has 1 aromatic carbocycles. The van der Waals surface area contributed by atoms with E-state index in [-0.39, 0.29) is 30.3 Å². The summed E-state index contributed by atoms with van der Waals surface area (Å²) in [6.45, 7) is 1.45. The maximum absolute atomic E-state index is 13.0. The second kappa shape index (κ2) is 10.5. The van der Waals surface area contributed by atoms with E-state index in [0.717, 1.165) is 24.9 Å². The molecular weight excluding hydrogens is 401 g/mol. The lowest BCUT2D eigenvalue weighted by Gasteiger charge is -2.35. The van der Waals surface area contributed by atoms with Gasteiger partial charge in [0.25, 0.3) is 5.91 Å². The molecule has 152 valence electrons. The molecule has 0 aliphatic carbocycles. The van der Waals surface area contributed by atoms with E-state index in [0.29, 0.717) is 36.6 Å². The summed E-state index contributed by atoms with van der Waals surface area (Å²) in [5, 5.41) is 7.78. The quantitative estimate of drug-likeness (QED) is 0.742. The number of piperidine rings is 1. The third kappa shape index (κ3) is 5.47. The maximum Gasteiger partial charge on any atom is 0.257 e. The van der Waals surface area contributed by atoms with Gasteiger partial charge in [-0.05, 0) is 37.5 Å². The van der Waals surface area contributed by atoms with Crippen LogP contribution in [0.1, 0.15) is 36.0 Å². The fraction of sp³-hybridized carbons (Fsp3) is 0.421. The summed E-state index contributed by atoms with van der Waals surface area (Å²) < 4.78 is 1.64. The lowest BCUT2D eigenvalue weighted by atomic mass is 10.0. The van der Waals surface area contributed by atoms with Crippen molar-refractivity contribution in [1.82, 2.24) is 20.0 Å². The first-order chi connectivity index (χ1) is 13.1. The summed E-state index contributed by atoms with van der Waals surface area (Å²) in [6, 6.07) is 7.29. The minimum atomic E-state index is -0.0794. The first-order valence-corrected chi connectivity index (χ1v) is 9.54. The largest absolute Gasteiger partial charge is 0.354 e. The molecule has 1 unspecified atom stereocenters. The molecule has 2 amide bonds. The number of halogens is 2. The van der Waals surface area contributed by atoms with Gasteiger partial charge in [-0.2, -0.15) is 5.10 Å². The van der Waals surface area contributed by atoms with E-state index in [2.05, 4.69) is 10.4 Å². The normalized spacial score (nSPS) is 16.4. The second-order valence-corrected chi connectivity index (χ2v) is 7.08. The van der Waals surface area contributed by atoms with Crippen LogP contribution in [0.3, 0.4) is 0 Å². The Bertz CT molecular complexity index is 811. The van der Waals surface area contributed by atoms with Crippen LogP contribution >= 0.6 is 24.0 Å². The van der Waals surface area contributed by atoms with Crippen molar-refractivity contribution < 1.29 is 9.59 Å². The molecule has 1 aromatic heterocycles. The predicted molar refractivity (Wildman–Crippen MR) is 111 cm³/mol. The third-order valence-corrected chi connectivity index (χ3v) is 4.93. The molecular formula is C19H25Cl2N5O2. The Balaban J connectivity index is 0.00000280. The summed E-state index contributed by atoms with van der Waals surface area (Å²) in [5.41, 5.74) is 6.73. The van der Waals surface area contributed by atoms with Crippen LogP contribution in [0.5, 0.6) is 0 Å². The Morgan fingerprint density at radius 1 is 1.32 bits per heavy atom. The summed E-state index contributed by atoms with van der Waals surface area (Å²) in [5.74, 6) is -0.148. The van der Waals surface area contributed by atoms with Crippen LogP contribution in [0.2, 0.25) is 5.02 Å². The number of rotatable bonds is 6. The molecule has 9 heteroatoms. The SMILES string of the molecule is Cl.NCCC(=O)NCC1CCCCN1C(=O)c1cnn(-c2cccc(Cl)c2)c1. The fourth-order valence-corrected chi connectivity index (χ4v) is 3.47. The number of carbonyl (C=O) groups excluding carboxylic acids is 2. The number of benzene rings is 1. The van der Waals surface area contributed by atoms with Gasteiger partial charge in [0.05, 0.1) is 17.4 Å². The Kier molecular flexibility index (Phi) is 8.29. The van der Waals surface area contributed by atoms with Gasteiger partial charge < -0.3 is 16.0 Å². The van der Waals surface area contributed by atoms with Gasteiger partial charge in [0, 0.05) is 43.3 Å². The van der Waals surface area contributed by atoms with Gasteiger partial charge in [0.15, 0.2) is 0 Å². The molecule has 3 rings (SSSR count). The van der Waals surface area contributed by atoms with E-state index in [1.54, 1.807) is 29.2 Å². The predicted octanol–water partition coefficient (Wildman–Crippen LogP) is 2.41. The van der Waals surface area contributed by atoms with E-state index in [4.69, 9.17) is 17.3 Å². The minimum Gasteiger partial charge on any atom is -0.354 e. The number of nitrogens with one attached hydrogen (secondary N) is 1. The second-order valence-electron chi connectivity index (χ2n) is 6.64. The maximum atomic E-state index is 13.0. The van der Waals surface area contributed by atoms with Crippen molar-refractivity contribution in [3.8, 4) is 5.69 Å². The Labute approximate surface area is 175 Å². The van der Waals surface area contributed by atoms with E-state index < -0.39 is 0 Å². The summed E-state index contributed by atoms with van der Waals surface area (Å²) in [6.07, 6.45) is 6.46. The van der Waals surface area contributed by atoms with Crippen molar-refractivity contribution in [1.29, 1.82) is 0 Å². The molecule has 1 aliphatic heterocycles. The minimum absolute atomic E-state index is 0. The molecule has 1 atom stereocenters. The van der Waals surface area contributed by atoms with Crippen molar-refractivity contribution in [2.24, 2.45) is 5.73 Å². The molecule has 7 nitrogen and oxygen atoms in total. The number of amides is 2. The summed E-state index contributed by atoms with van der Waals surface area (Å²) >= 11 is 6.03. The highest BCUT2D eigenvalue weighted by Gasteiger charge is 2.28. The van der Waals surface area contributed by atoms with Crippen LogP contribution < -0.4 is 11.1 Å². The van der Waals surface area contributed by atoms with Crippen molar-refractivity contribution in [2.75, 3.05) is 19.6 Å². The fourth-order valence-electron chi connectivity index (χ4n) is 3.29. The molecule has 2 heterocycles. The van der Waals surface area contributed by atoms with Gasteiger partial charge in [0.2, 0.25) is 5.91 Å². The lowest BCUT2D eigenvalue weighted by molar-refractivity contribution is -0.121. The molecule has 28 heavy (non-hydrogen) atoms. The number of hydrogen-bond acceptors (Lipinski definition) is 4. The van der Waals surface area contributed by atoms with Gasteiger partial charge in [-0.25, -0.2) is 4.68 Å². The topological polar surface area (TPSA) is 93.2 Å². The van der Waals surface area contributed by atoms with Gasteiger partial charge in [0.1, 0.15) is 0 Å². The van der Waals surface area contributed by atoms with Gasteiger partial charge >= 0.3 is 0 Å². The summed E-state index contributed by atoms with van der Waals surface area (Å²) in [7, 11) is 0. The molecule has 0 spiro atoms. The number of carbonyl (C=O) groups is 2. The van der Waals surface area contributed by atoms with Gasteiger partial charge in [-0.15, -0.1) is 12.4 Å². The molecule has 1 fully saturated rings. The molecule has 2 aromatic rings. The number of hydrogen-bond donors (Lipinski definition) is 2. The molecule has 0 radical (unpaired) electrons. The first kappa shape index (κ1) is 22.2. The third-order valence-electron chi connectivity index (χ3n) is 4.70. The Morgan fingerprint density at radius 2 is 2.14 bits per heavy atom. The Hall–Kier alpha value is -2.09. The van der Waals surface area contributed by atoms with Gasteiger partial charge in [-0.1, -0.05) is 17.7 Å². The zero-order chi connectivity index (χ0) is 19.2. The average molecular weight is 426 g/mol. The van der Waals surface area contributed by atoms with Crippen molar-refractivity contribution >= 4 is 35.8 Å². The number of aromatic nitrogens is 2. The highest BCUT2D eigenvalue weighted by molar-refractivity contribution is 6.30. The molecule has 0 saturated carbocycles. The average Bonchev–Trinajstić information content (AvgIpc) is 3.16. The van der Waals surface area contributed by atoms with E-state index in [9.17, 15) is 9.59 Å². The van der Waals surface area contributed by atoms with E-state index in [1.807, 2.05) is 17.0 Å². The number of likely N-dealkylation sites (tertiary alicyclic amines) is 1. The van der Waals surface area contributed by atoms with Crippen molar-refractivity contribution in [3.63, 3.8) is 0 Å². The smallest absolute Gasteiger partial charge is 0.257 e. The lowest BCUT2D eigenvalue weighted by Crippen LogP contribution is -2.49. The molecule has 1 saturated heterocycles. The highest BCUT2D eigenvalue weighted by Crippen LogP contribution is 2.20. The molecule has 0 bridgehead atoms. The van der Waals surface area contributed by atoms with Crippen LogP contribution in [-0.4, -0.2) is 52.2 Å². The van der Waals surface area contributed by atoms with E-state index >= 15 is 0 Å². The van der Waals surface area contributed by atoms with Crippen LogP contribution in [0.15, 0.2) is 36.7 Å². The Morgan fingerprint density at radius 3 is 2.89 bits per heavy atom. The zero-order valence-corrected chi connectivity index (χ0v) is 17.1. The number of nitrogens with zero attached hydrogens (tertiary/aromatic N) is 3. The highest BCUT2D eigenvalue weighted by atomic mass is 35.5. The monoisotopic (exact) mass is 425 g/mol. The zero-order valence-electron chi connectivity index (χ0n) is 15.5. The van der Waals surface area contributed by atoms with Crippen LogP contribution in [0, 0.1) is 0 Å². The van der Waals surface area contributed by atoms with Crippen molar-refractivity contribution in [2.45, 2.75) is 31.7 Å². The molecule has 3 N–H and O–H groups in total. The van der Waals surface area contributed by atoms with Crippen LogP contribution in [0.4, 0.5) is 0 Å². The van der Waals surface area contributed by atoms with Crippen LogP contribution in [-0.2, 0) is 4.79 Å². The van der Waals surface area contributed by atoms with Crippen molar-refractivity contribution in [3.05, 3.63) is 47.2 Å². The van der Waals surface area contributed by atoms with Crippen LogP contribution in [0.25, 0.3) is 5.69 Å². The van der Waals surface area contributed by atoms with E-state index in [1.165, 1.54) is 0 Å². The summed E-state index contributed by atoms with van der Waals surface area (Å²) in [4.78, 5) is 26.5. The van der Waals surface area contributed by atoms with Gasteiger partial charge in [-0.3, -0.25) is 9.59 Å². The standard InChI is InChI=1S/C19H24ClN5O2.ClH/c20-15-4-3-6-16(10-15)25-13-14(11-23-25)19(27)24-9-2-1-5-17(24)12-22-18(26)7-8-21;/h3-4,6,10-11,13,17H,1-2,5,7-9,12,21H2,(H,22,26);1H. The first-order valence-electron chi connectivity index (χ1n) is 9.17. The number of nitrogens with two attached hydrogens (primary N) is 1. The molecule has 1 aliphatic rings.